The molecule has 1 aliphatic carbocycles. The van der Waals surface area contributed by atoms with Crippen molar-refractivity contribution < 1.29 is 28.6 Å². The Morgan fingerprint density at radius 1 is 1.48 bits per heavy atom. The average Bonchev–Trinajstić information content (AvgIpc) is 2.78. The number of halogens is 1. The minimum atomic E-state index is -2.26. The first-order valence-electron chi connectivity index (χ1n) is 8.42. The number of methoxy groups -OCH3 is 1. The van der Waals surface area contributed by atoms with Gasteiger partial charge >= 0.3 is 0 Å². The third-order valence-corrected chi connectivity index (χ3v) is 5.48. The van der Waals surface area contributed by atoms with E-state index in [0.717, 1.165) is 0 Å². The number of nitrogens with two attached hydrogens (primary N) is 1. The third kappa shape index (κ3) is 2.34. The molecule has 1 saturated carbocycles. The smallest absolute Gasteiger partial charge is 0.261 e. The highest BCUT2D eigenvalue weighted by molar-refractivity contribution is 6.01. The fourth-order valence-corrected chi connectivity index (χ4v) is 3.75. The summed E-state index contributed by atoms with van der Waals surface area (Å²) in [6.07, 6.45) is 1.65. The number of ether oxygens (including phenoxy) is 2. The van der Waals surface area contributed by atoms with E-state index in [0.29, 0.717) is 10.8 Å². The highest BCUT2D eigenvalue weighted by Gasteiger charge is 2.72. The Balaban J connectivity index is 1.63. The average molecular weight is 375 g/mol. The maximum absolute atomic E-state index is 14.5. The molecule has 9 heteroatoms. The highest BCUT2D eigenvalue weighted by Crippen LogP contribution is 2.51. The van der Waals surface area contributed by atoms with Crippen LogP contribution < -0.4 is 20.5 Å². The van der Waals surface area contributed by atoms with Crippen molar-refractivity contribution in [1.29, 1.82) is 0 Å². The number of amides is 2. The number of nitrogens with one attached hydrogen (secondary N) is 1. The van der Waals surface area contributed by atoms with Crippen molar-refractivity contribution in [2.45, 2.75) is 30.2 Å². The van der Waals surface area contributed by atoms with Crippen LogP contribution in [0.25, 0.3) is 10.8 Å². The number of rotatable bonds is 5. The second kappa shape index (κ2) is 5.78. The zero-order chi connectivity index (χ0) is 19.4. The first-order valence-corrected chi connectivity index (χ1v) is 8.42. The van der Waals surface area contributed by atoms with Gasteiger partial charge in [0.15, 0.2) is 0 Å². The number of carbonyl (C=O) groups excluding carboxylic acids is 2. The number of fused-ring (bicyclic) bond motifs is 2. The first-order chi connectivity index (χ1) is 12.8. The van der Waals surface area contributed by atoms with Crippen molar-refractivity contribution in [2.75, 3.05) is 13.7 Å². The number of hydrogen-bond donors (Lipinski definition) is 3. The Hall–Kier alpha value is -2.94. The summed E-state index contributed by atoms with van der Waals surface area (Å²) >= 11 is 0. The molecule has 2 aromatic rings. The molecule has 142 valence electrons. The van der Waals surface area contributed by atoms with Gasteiger partial charge in [-0.1, -0.05) is 0 Å². The molecule has 3 atom stereocenters. The molecule has 1 aromatic carbocycles. The largest absolute Gasteiger partial charge is 0.496 e. The van der Waals surface area contributed by atoms with Gasteiger partial charge in [0, 0.05) is 11.6 Å². The van der Waals surface area contributed by atoms with Crippen LogP contribution in [0.3, 0.4) is 0 Å². The number of carbonyl (C=O) groups is 2. The topological polar surface area (TPSA) is 124 Å². The van der Waals surface area contributed by atoms with Crippen molar-refractivity contribution in [3.8, 4) is 11.6 Å². The summed E-state index contributed by atoms with van der Waals surface area (Å²) in [5.41, 5.74) is 1.56. The molecule has 0 bridgehead atoms. The van der Waals surface area contributed by atoms with Crippen LogP contribution >= 0.6 is 0 Å². The summed E-state index contributed by atoms with van der Waals surface area (Å²) < 4.78 is 25.4. The molecule has 8 nitrogen and oxygen atoms in total. The van der Waals surface area contributed by atoms with Crippen LogP contribution in [-0.4, -0.2) is 52.9 Å². The molecule has 1 saturated heterocycles. The lowest BCUT2D eigenvalue weighted by molar-refractivity contribution is -0.176. The van der Waals surface area contributed by atoms with E-state index in [1.807, 2.05) is 0 Å². The van der Waals surface area contributed by atoms with E-state index in [4.69, 9.17) is 15.2 Å². The van der Waals surface area contributed by atoms with Gasteiger partial charge < -0.3 is 25.6 Å². The van der Waals surface area contributed by atoms with Crippen LogP contribution in [0.1, 0.15) is 23.2 Å². The summed E-state index contributed by atoms with van der Waals surface area (Å²) in [7, 11) is 1.41. The number of benzene rings is 1. The second-order valence-corrected chi connectivity index (χ2v) is 6.82. The van der Waals surface area contributed by atoms with Crippen LogP contribution in [0.5, 0.6) is 11.6 Å². The van der Waals surface area contributed by atoms with Gasteiger partial charge in [-0.15, -0.1) is 0 Å². The zero-order valence-corrected chi connectivity index (χ0v) is 14.5. The summed E-state index contributed by atoms with van der Waals surface area (Å²) in [5, 5.41) is 14.1. The Labute approximate surface area is 153 Å². The number of aromatic nitrogens is 1. The second-order valence-electron chi connectivity index (χ2n) is 6.82. The van der Waals surface area contributed by atoms with Crippen LogP contribution in [0.4, 0.5) is 4.39 Å². The van der Waals surface area contributed by atoms with E-state index in [-0.39, 0.29) is 36.6 Å². The molecule has 27 heavy (non-hydrogen) atoms. The lowest BCUT2D eigenvalue weighted by Crippen LogP contribution is -2.64. The van der Waals surface area contributed by atoms with Gasteiger partial charge in [-0.3, -0.25) is 9.59 Å². The molecule has 1 aliphatic heterocycles. The molecular formula is C18H18FN3O5. The van der Waals surface area contributed by atoms with Gasteiger partial charge in [0.05, 0.1) is 18.7 Å². The molecule has 2 fully saturated rings. The van der Waals surface area contributed by atoms with Gasteiger partial charge in [-0.25, -0.2) is 9.37 Å². The fourth-order valence-electron chi connectivity index (χ4n) is 3.75. The molecule has 1 aromatic heterocycles. The molecule has 2 heterocycles. The Kier molecular flexibility index (Phi) is 3.74. The van der Waals surface area contributed by atoms with Gasteiger partial charge in [0.2, 0.25) is 11.5 Å². The lowest BCUT2D eigenvalue weighted by Gasteiger charge is -2.45. The van der Waals surface area contributed by atoms with Crippen molar-refractivity contribution >= 4 is 22.6 Å². The normalized spacial score (nSPS) is 29.0. The van der Waals surface area contributed by atoms with E-state index in [1.165, 1.54) is 13.3 Å². The Bertz CT molecular complexity index is 967. The van der Waals surface area contributed by atoms with E-state index in [1.54, 1.807) is 18.2 Å². The minimum absolute atomic E-state index is 0.00849. The van der Waals surface area contributed by atoms with Gasteiger partial charge in [-0.05, 0) is 36.4 Å². The van der Waals surface area contributed by atoms with Crippen LogP contribution in [0.15, 0.2) is 24.4 Å². The number of primary amides is 1. The number of nitrogens with zero attached hydrogens (tertiary/aromatic N) is 1. The molecule has 4 rings (SSSR count). The summed E-state index contributed by atoms with van der Waals surface area (Å²) in [6, 6.07) is 3.93. The Morgan fingerprint density at radius 2 is 2.26 bits per heavy atom. The van der Waals surface area contributed by atoms with Gasteiger partial charge in [0.25, 0.3) is 11.8 Å². The molecular weight excluding hydrogens is 357 g/mol. The molecule has 0 unspecified atom stereocenters. The molecule has 0 radical (unpaired) electrons. The van der Waals surface area contributed by atoms with Crippen LogP contribution in [0.2, 0.25) is 0 Å². The fraction of sp³-hybridized carbons (Fsp3) is 0.389. The zero-order valence-electron chi connectivity index (χ0n) is 14.5. The monoisotopic (exact) mass is 375 g/mol. The van der Waals surface area contributed by atoms with E-state index >= 15 is 0 Å². The third-order valence-electron chi connectivity index (χ3n) is 5.48. The molecule has 2 aliphatic rings. The minimum Gasteiger partial charge on any atom is -0.496 e. The highest BCUT2D eigenvalue weighted by atomic mass is 19.1. The van der Waals surface area contributed by atoms with E-state index < -0.39 is 29.1 Å². The molecule has 0 spiro atoms. The summed E-state index contributed by atoms with van der Waals surface area (Å²) in [5.74, 6) is -0.977. The number of pyridine rings is 1. The predicted molar refractivity (Wildman–Crippen MR) is 92.3 cm³/mol. The molecule has 4 N–H and O–H groups in total. The Morgan fingerprint density at radius 3 is 2.85 bits per heavy atom. The summed E-state index contributed by atoms with van der Waals surface area (Å²) in [6.45, 7) is -0.153. The maximum atomic E-state index is 14.5. The quantitative estimate of drug-likeness (QED) is 0.697. The van der Waals surface area contributed by atoms with Gasteiger partial charge in [0.1, 0.15) is 18.0 Å². The number of hydrogen-bond acceptors (Lipinski definition) is 6. The van der Waals surface area contributed by atoms with Crippen molar-refractivity contribution in [1.82, 2.24) is 10.3 Å². The van der Waals surface area contributed by atoms with Crippen molar-refractivity contribution in [3.63, 3.8) is 0 Å². The van der Waals surface area contributed by atoms with E-state index in [9.17, 15) is 19.1 Å². The molecule has 2 amide bonds. The van der Waals surface area contributed by atoms with Crippen molar-refractivity contribution in [3.05, 3.63) is 30.0 Å². The lowest BCUT2D eigenvalue weighted by atomic mass is 9.66. The van der Waals surface area contributed by atoms with Crippen LogP contribution in [0, 0.1) is 0 Å². The number of aliphatic hydroxyl groups is 1. The first kappa shape index (κ1) is 17.5. The van der Waals surface area contributed by atoms with Gasteiger partial charge in [-0.2, -0.15) is 0 Å². The van der Waals surface area contributed by atoms with Crippen molar-refractivity contribution in [2.24, 2.45) is 5.73 Å². The van der Waals surface area contributed by atoms with E-state index in [2.05, 4.69) is 10.3 Å². The van der Waals surface area contributed by atoms with Crippen LogP contribution in [-0.2, 0) is 4.79 Å². The summed E-state index contributed by atoms with van der Waals surface area (Å²) in [4.78, 5) is 27.5. The standard InChI is InChI=1S/C18H18FN3O5/c1-26-12-7-10-9(6-11(12)14(20)23)2-5-21-15(10)27-8-13-18(25)4-3-17(18,19)16(24)22-13/h2,5-7,13,25H,3-4,8H2,1H3,(H2,20,23)(H,22,24)/t13-,17-,18+/m1/s1. The SMILES string of the molecule is COc1cc2c(OC[C@H]3NC(=O)[C@]4(F)CC[C@]34O)nccc2cc1C(N)=O. The predicted octanol–water partition coefficient (Wildman–Crippen LogP) is 0.453. The maximum Gasteiger partial charge on any atom is 0.261 e. The number of alkyl halides is 1.